The number of hydrogen-bond donors (Lipinski definition) is 2. The topological polar surface area (TPSA) is 113 Å². The highest BCUT2D eigenvalue weighted by atomic mass is 32.2. The van der Waals surface area contributed by atoms with Crippen LogP contribution >= 0.6 is 0 Å². The molecule has 0 aliphatic rings. The summed E-state index contributed by atoms with van der Waals surface area (Å²) in [6.45, 7) is 3.17. The van der Waals surface area contributed by atoms with E-state index in [2.05, 4.69) is 10.0 Å². The van der Waals surface area contributed by atoms with Gasteiger partial charge >= 0.3 is 0 Å². The van der Waals surface area contributed by atoms with E-state index in [1.165, 1.54) is 36.4 Å². The molecule has 0 spiro atoms. The van der Waals surface area contributed by atoms with Crippen molar-refractivity contribution in [2.45, 2.75) is 18.7 Å². The van der Waals surface area contributed by atoms with Crippen molar-refractivity contribution in [1.29, 1.82) is 0 Å². The Morgan fingerprint density at radius 1 is 0.912 bits per heavy atom. The van der Waals surface area contributed by atoms with Gasteiger partial charge in [0.25, 0.3) is 10.0 Å². The summed E-state index contributed by atoms with van der Waals surface area (Å²) in [4.78, 5) is 12.5. The molecule has 0 aromatic heterocycles. The maximum Gasteiger partial charge on any atom is 0.261 e. The molecule has 3 aromatic carbocycles. The summed E-state index contributed by atoms with van der Waals surface area (Å²) >= 11 is 0. The van der Waals surface area contributed by atoms with Crippen LogP contribution in [0.1, 0.15) is 11.1 Å². The second kappa shape index (κ2) is 9.82. The average Bonchev–Trinajstić information content (AvgIpc) is 2.74. The Kier molecular flexibility index (Phi) is 7.27. The van der Waals surface area contributed by atoms with Crippen LogP contribution in [0.5, 0.6) is 0 Å². The van der Waals surface area contributed by atoms with Gasteiger partial charge in [-0.25, -0.2) is 21.2 Å². The highest BCUT2D eigenvalue weighted by molar-refractivity contribution is 7.92. The first-order valence-electron chi connectivity index (χ1n) is 10.1. The number of aryl methyl sites for hydroxylation is 2. The third-order valence-electron chi connectivity index (χ3n) is 4.88. The number of carbonyl (C=O) groups is 1. The van der Waals surface area contributed by atoms with Crippen LogP contribution < -0.4 is 14.3 Å². The first-order valence-corrected chi connectivity index (χ1v) is 13.4. The van der Waals surface area contributed by atoms with Crippen LogP contribution in [0.15, 0.2) is 71.6 Å². The number of anilines is 3. The molecule has 2 N–H and O–H groups in total. The summed E-state index contributed by atoms with van der Waals surface area (Å²) < 4.78 is 66.2. The fraction of sp³-hybridized carbons (Fsp3) is 0.174. The molecule has 0 unspecified atom stereocenters. The van der Waals surface area contributed by atoms with Crippen LogP contribution in [0.2, 0.25) is 0 Å². The van der Waals surface area contributed by atoms with Gasteiger partial charge in [-0.2, -0.15) is 0 Å². The van der Waals surface area contributed by atoms with Gasteiger partial charge in [0.2, 0.25) is 15.9 Å². The molecule has 1 amide bonds. The van der Waals surface area contributed by atoms with Crippen LogP contribution in [0, 0.1) is 19.7 Å². The van der Waals surface area contributed by atoms with Crippen molar-refractivity contribution in [3.63, 3.8) is 0 Å². The van der Waals surface area contributed by atoms with Crippen molar-refractivity contribution in [1.82, 2.24) is 0 Å². The van der Waals surface area contributed by atoms with Crippen LogP contribution in [0.3, 0.4) is 0 Å². The van der Waals surface area contributed by atoms with Crippen LogP contribution in [0.4, 0.5) is 21.5 Å². The molecule has 180 valence electrons. The molecule has 0 aliphatic heterocycles. The highest BCUT2D eigenvalue weighted by Gasteiger charge is 2.21. The first-order chi connectivity index (χ1) is 15.8. The molecule has 34 heavy (non-hydrogen) atoms. The number of nitrogens with one attached hydrogen (secondary N) is 2. The fourth-order valence-corrected chi connectivity index (χ4v) is 5.17. The minimum Gasteiger partial charge on any atom is -0.325 e. The summed E-state index contributed by atoms with van der Waals surface area (Å²) in [5, 5.41) is 2.53. The summed E-state index contributed by atoms with van der Waals surface area (Å²) in [6.07, 6.45) is 0.937. The number of rotatable bonds is 8. The first kappa shape index (κ1) is 25.2. The van der Waals surface area contributed by atoms with E-state index in [0.29, 0.717) is 5.69 Å². The lowest BCUT2D eigenvalue weighted by molar-refractivity contribution is -0.114. The maximum absolute atomic E-state index is 13.2. The number of amides is 1. The number of benzene rings is 3. The summed E-state index contributed by atoms with van der Waals surface area (Å²) in [6, 6.07) is 15.5. The van der Waals surface area contributed by atoms with E-state index in [9.17, 15) is 26.0 Å². The molecule has 3 rings (SSSR count). The van der Waals surface area contributed by atoms with E-state index in [1.807, 2.05) is 13.0 Å². The Bertz CT molecular complexity index is 1410. The Hall–Kier alpha value is -3.44. The van der Waals surface area contributed by atoms with Gasteiger partial charge in [-0.1, -0.05) is 17.7 Å². The van der Waals surface area contributed by atoms with Gasteiger partial charge in [-0.15, -0.1) is 0 Å². The molecule has 0 aliphatic carbocycles. The normalized spacial score (nSPS) is 11.6. The summed E-state index contributed by atoms with van der Waals surface area (Å²) in [5.74, 6) is -1.19. The molecule has 0 bridgehead atoms. The number of hydrogen-bond acceptors (Lipinski definition) is 5. The molecular weight excluding hydrogens is 481 g/mol. The van der Waals surface area contributed by atoms with Crippen molar-refractivity contribution in [3.05, 3.63) is 83.7 Å². The van der Waals surface area contributed by atoms with Gasteiger partial charge in [0.1, 0.15) is 12.4 Å². The van der Waals surface area contributed by atoms with E-state index in [1.54, 1.807) is 19.1 Å². The number of carbonyl (C=O) groups excluding carboxylic acids is 1. The molecule has 0 heterocycles. The third-order valence-corrected chi connectivity index (χ3v) is 7.40. The minimum absolute atomic E-state index is 0.00505. The molecule has 0 saturated carbocycles. The van der Waals surface area contributed by atoms with Gasteiger partial charge < -0.3 is 5.32 Å². The Balaban J connectivity index is 1.71. The van der Waals surface area contributed by atoms with E-state index in [-0.39, 0.29) is 16.3 Å². The van der Waals surface area contributed by atoms with E-state index in [4.69, 9.17) is 0 Å². The van der Waals surface area contributed by atoms with Crippen molar-refractivity contribution >= 4 is 43.0 Å². The molecule has 3 aromatic rings. The quantitative estimate of drug-likeness (QED) is 0.485. The average molecular weight is 506 g/mol. The Morgan fingerprint density at radius 2 is 1.53 bits per heavy atom. The zero-order valence-corrected chi connectivity index (χ0v) is 20.4. The van der Waals surface area contributed by atoms with E-state index in [0.717, 1.165) is 33.8 Å². The van der Waals surface area contributed by atoms with Crippen LogP contribution in [-0.2, 0) is 24.8 Å². The lowest BCUT2D eigenvalue weighted by atomic mass is 10.1. The van der Waals surface area contributed by atoms with Crippen LogP contribution in [-0.4, -0.2) is 35.5 Å². The predicted molar refractivity (Wildman–Crippen MR) is 130 cm³/mol. The van der Waals surface area contributed by atoms with Gasteiger partial charge in [0.05, 0.1) is 22.5 Å². The Morgan fingerprint density at radius 3 is 2.09 bits per heavy atom. The standard InChI is InChI=1S/C23H24FN3O5S2/c1-16-4-13-22(17(2)14-16)26-34(31,32)21-11-7-19(8-12-21)25-23(28)15-27(33(3,29)30)20-9-5-18(24)6-10-20/h4-14,26H,15H2,1-3H3,(H,25,28). The molecule has 0 radical (unpaired) electrons. The van der Waals surface area contributed by atoms with Crippen molar-refractivity contribution in [2.75, 3.05) is 27.1 Å². The van der Waals surface area contributed by atoms with Gasteiger partial charge in [-0.3, -0.25) is 13.8 Å². The van der Waals surface area contributed by atoms with E-state index >= 15 is 0 Å². The van der Waals surface area contributed by atoms with Gasteiger partial charge in [-0.05, 0) is 74.0 Å². The largest absolute Gasteiger partial charge is 0.325 e. The molecular formula is C23H24FN3O5S2. The molecule has 0 fully saturated rings. The second-order valence-electron chi connectivity index (χ2n) is 7.74. The summed E-state index contributed by atoms with van der Waals surface area (Å²) in [7, 11) is -7.67. The minimum atomic E-state index is -3.85. The van der Waals surface area contributed by atoms with Crippen molar-refractivity contribution in [3.8, 4) is 0 Å². The third kappa shape index (κ3) is 6.33. The lowest BCUT2D eigenvalue weighted by Gasteiger charge is -2.21. The van der Waals surface area contributed by atoms with Gasteiger partial charge in [0.15, 0.2) is 0 Å². The smallest absolute Gasteiger partial charge is 0.261 e. The SMILES string of the molecule is Cc1ccc(NS(=O)(=O)c2ccc(NC(=O)CN(c3ccc(F)cc3)S(C)(=O)=O)cc2)c(C)c1. The number of nitrogens with zero attached hydrogens (tertiary/aromatic N) is 1. The van der Waals surface area contributed by atoms with Crippen molar-refractivity contribution in [2.24, 2.45) is 0 Å². The Labute approximate surface area is 198 Å². The molecule has 0 atom stereocenters. The lowest BCUT2D eigenvalue weighted by Crippen LogP contribution is -2.37. The van der Waals surface area contributed by atoms with Crippen molar-refractivity contribution < 1.29 is 26.0 Å². The van der Waals surface area contributed by atoms with Crippen LogP contribution in [0.25, 0.3) is 0 Å². The monoisotopic (exact) mass is 505 g/mol. The molecule has 11 heteroatoms. The highest BCUT2D eigenvalue weighted by Crippen LogP contribution is 2.22. The second-order valence-corrected chi connectivity index (χ2v) is 11.3. The zero-order chi connectivity index (χ0) is 25.1. The molecule has 0 saturated heterocycles. The van der Waals surface area contributed by atoms with Gasteiger partial charge in [0, 0.05) is 5.69 Å². The maximum atomic E-state index is 13.2. The predicted octanol–water partition coefficient (Wildman–Crippen LogP) is 3.65. The molecule has 8 nitrogen and oxygen atoms in total. The summed E-state index contributed by atoms with van der Waals surface area (Å²) in [5.41, 5.74) is 2.67. The number of halogens is 1. The number of sulfonamides is 2. The zero-order valence-electron chi connectivity index (χ0n) is 18.7. The van der Waals surface area contributed by atoms with E-state index < -0.39 is 38.3 Å². The fourth-order valence-electron chi connectivity index (χ4n) is 3.19.